The van der Waals surface area contributed by atoms with Crippen LogP contribution in [0, 0.1) is 5.92 Å². The number of fused-ring (bicyclic) bond motifs is 1. The third-order valence-corrected chi connectivity index (χ3v) is 6.36. The van der Waals surface area contributed by atoms with Gasteiger partial charge in [-0.1, -0.05) is 19.0 Å². The molecule has 2 amide bonds. The Hall–Kier alpha value is -3.29. The summed E-state index contributed by atoms with van der Waals surface area (Å²) >= 11 is 1.39. The van der Waals surface area contributed by atoms with E-state index in [2.05, 4.69) is 25.8 Å². The van der Waals surface area contributed by atoms with Crippen LogP contribution in [-0.2, 0) is 16.1 Å². The number of hydrogen-bond donors (Lipinski definition) is 4. The lowest BCUT2D eigenvalue weighted by atomic mass is 9.74. The van der Waals surface area contributed by atoms with E-state index in [9.17, 15) is 19.6 Å². The zero-order valence-electron chi connectivity index (χ0n) is 19.4. The van der Waals surface area contributed by atoms with Gasteiger partial charge >= 0.3 is 7.12 Å². The Morgan fingerprint density at radius 1 is 1.31 bits per heavy atom. The number of aromatic nitrogens is 3. The summed E-state index contributed by atoms with van der Waals surface area (Å²) in [6, 6.07) is 3.44. The number of amides is 2. The highest BCUT2D eigenvalue weighted by Crippen LogP contribution is 2.29. The molecule has 3 aromatic rings. The fraction of sp³-hybridized carbons (Fsp3) is 0.409. The first-order valence-corrected chi connectivity index (χ1v) is 12.2. The van der Waals surface area contributed by atoms with Gasteiger partial charge in [0.05, 0.1) is 35.0 Å². The number of nitrogens with one attached hydrogen (secondary N) is 2. The third-order valence-electron chi connectivity index (χ3n) is 5.72. The summed E-state index contributed by atoms with van der Waals surface area (Å²) in [6.45, 7) is 3.92. The van der Waals surface area contributed by atoms with Gasteiger partial charge < -0.3 is 29.9 Å². The zero-order chi connectivity index (χ0) is 25.0. The highest BCUT2D eigenvalue weighted by atomic mass is 32.1. The monoisotopic (exact) mass is 498 g/mol. The predicted octanol–water partition coefficient (Wildman–Crippen LogP) is 0.821. The van der Waals surface area contributed by atoms with Crippen LogP contribution in [0.1, 0.15) is 42.7 Å². The van der Waals surface area contributed by atoms with E-state index in [4.69, 9.17) is 4.84 Å². The largest absolute Gasteiger partial charge is 0.475 e. The second kappa shape index (κ2) is 10.5. The fourth-order valence-corrected chi connectivity index (χ4v) is 4.58. The number of oxime groups is 1. The molecule has 2 atom stereocenters. The SMILES string of the molecule is CC(C)C[C@H](NC(=O)C1(Cc2cscn2)CC(CNC(=O)c2cccn3ccnc23)=NO1)B(O)O. The molecule has 1 aliphatic heterocycles. The molecular formula is C22H27BN6O5S. The third kappa shape index (κ3) is 5.69. The van der Waals surface area contributed by atoms with Crippen LogP contribution in [-0.4, -0.2) is 67.1 Å². The quantitative estimate of drug-likeness (QED) is 0.302. The summed E-state index contributed by atoms with van der Waals surface area (Å²) in [7, 11) is -1.72. The smallest absolute Gasteiger partial charge is 0.426 e. The first kappa shape index (κ1) is 24.8. The zero-order valence-corrected chi connectivity index (χ0v) is 20.2. The molecule has 1 unspecified atom stereocenters. The van der Waals surface area contributed by atoms with E-state index in [1.165, 1.54) is 11.3 Å². The number of hydrogen-bond acceptors (Lipinski definition) is 9. The Bertz CT molecular complexity index is 1210. The molecule has 0 radical (unpaired) electrons. The maximum atomic E-state index is 13.4. The van der Waals surface area contributed by atoms with E-state index in [1.54, 1.807) is 40.6 Å². The predicted molar refractivity (Wildman–Crippen MR) is 131 cm³/mol. The Morgan fingerprint density at radius 3 is 2.86 bits per heavy atom. The topological polar surface area (TPSA) is 150 Å². The van der Waals surface area contributed by atoms with Crippen molar-refractivity contribution in [3.05, 3.63) is 52.9 Å². The number of thiazole rings is 1. The molecule has 0 aliphatic carbocycles. The van der Waals surface area contributed by atoms with Gasteiger partial charge in [0, 0.05) is 36.8 Å². The van der Waals surface area contributed by atoms with Crippen LogP contribution < -0.4 is 10.6 Å². The fourth-order valence-electron chi connectivity index (χ4n) is 4.02. The van der Waals surface area contributed by atoms with Crippen LogP contribution in [0.15, 0.2) is 46.8 Å². The summed E-state index contributed by atoms with van der Waals surface area (Å²) < 4.78 is 1.75. The van der Waals surface area contributed by atoms with Crippen molar-refractivity contribution >= 4 is 41.6 Å². The van der Waals surface area contributed by atoms with Crippen LogP contribution in [0.3, 0.4) is 0 Å². The summed E-state index contributed by atoms with van der Waals surface area (Å²) in [4.78, 5) is 40.3. The normalized spacial score (nSPS) is 18.3. The molecule has 0 bridgehead atoms. The molecule has 184 valence electrons. The van der Waals surface area contributed by atoms with E-state index in [0.29, 0.717) is 29.0 Å². The van der Waals surface area contributed by atoms with Crippen LogP contribution >= 0.6 is 11.3 Å². The van der Waals surface area contributed by atoms with Crippen molar-refractivity contribution < 1.29 is 24.5 Å². The molecule has 0 aromatic carbocycles. The number of pyridine rings is 1. The Labute approximate surface area is 206 Å². The van der Waals surface area contributed by atoms with Crippen LogP contribution in [0.4, 0.5) is 0 Å². The van der Waals surface area contributed by atoms with Gasteiger partial charge in [-0.2, -0.15) is 0 Å². The molecule has 0 spiro atoms. The van der Waals surface area contributed by atoms with Crippen LogP contribution in [0.2, 0.25) is 0 Å². The minimum Gasteiger partial charge on any atom is -0.426 e. The first-order valence-electron chi connectivity index (χ1n) is 11.3. The summed E-state index contributed by atoms with van der Waals surface area (Å²) in [5, 5.41) is 31.0. The lowest BCUT2D eigenvalue weighted by Gasteiger charge is -2.28. The van der Waals surface area contributed by atoms with Crippen molar-refractivity contribution in [2.24, 2.45) is 11.1 Å². The van der Waals surface area contributed by atoms with Crippen LogP contribution in [0.5, 0.6) is 0 Å². The van der Waals surface area contributed by atoms with Crippen molar-refractivity contribution in [3.8, 4) is 0 Å². The maximum Gasteiger partial charge on any atom is 0.475 e. The average molecular weight is 498 g/mol. The van der Waals surface area contributed by atoms with Gasteiger partial charge in [0.2, 0.25) is 5.60 Å². The Balaban J connectivity index is 1.46. The van der Waals surface area contributed by atoms with Gasteiger partial charge in [-0.25, -0.2) is 9.97 Å². The second-order valence-electron chi connectivity index (χ2n) is 8.96. The van der Waals surface area contributed by atoms with Crippen LogP contribution in [0.25, 0.3) is 5.65 Å². The molecule has 13 heteroatoms. The number of nitrogens with zero attached hydrogens (tertiary/aromatic N) is 4. The number of imidazole rings is 1. The van der Waals surface area contributed by atoms with Crippen molar-refractivity contribution in [1.82, 2.24) is 25.0 Å². The van der Waals surface area contributed by atoms with Crippen molar-refractivity contribution in [2.45, 2.75) is 44.7 Å². The number of carbonyl (C=O) groups excluding carboxylic acids is 2. The lowest BCUT2D eigenvalue weighted by Crippen LogP contribution is -2.56. The molecule has 3 aromatic heterocycles. The highest BCUT2D eigenvalue weighted by molar-refractivity contribution is 7.07. The number of rotatable bonds is 10. The Morgan fingerprint density at radius 2 is 2.14 bits per heavy atom. The van der Waals surface area contributed by atoms with Crippen molar-refractivity contribution in [1.29, 1.82) is 0 Å². The lowest BCUT2D eigenvalue weighted by molar-refractivity contribution is -0.144. The molecule has 4 heterocycles. The second-order valence-corrected chi connectivity index (χ2v) is 9.68. The molecule has 0 fully saturated rings. The molecular weight excluding hydrogens is 471 g/mol. The van der Waals surface area contributed by atoms with Gasteiger partial charge in [0.25, 0.3) is 11.8 Å². The average Bonchev–Trinajstić information content (AvgIpc) is 3.58. The van der Waals surface area contributed by atoms with Gasteiger partial charge in [0.15, 0.2) is 0 Å². The molecule has 11 nitrogen and oxygen atoms in total. The molecule has 0 saturated carbocycles. The molecule has 4 N–H and O–H groups in total. The summed E-state index contributed by atoms with van der Waals surface area (Å²) in [5.74, 6) is -1.58. The Kier molecular flexibility index (Phi) is 7.48. The highest BCUT2D eigenvalue weighted by Gasteiger charge is 2.48. The number of carbonyl (C=O) groups is 2. The maximum absolute atomic E-state index is 13.4. The van der Waals surface area contributed by atoms with E-state index < -0.39 is 24.6 Å². The standard InChI is InChI=1S/C22H27BN6O5S/c1-14(2)8-18(23(32)33)27-21(31)22(10-16-12-35-13-26-16)9-15(28-34-22)11-25-20(30)17-4-3-6-29-7-5-24-19(17)29/h3-7,12-14,18,32-33H,8-11H2,1-2H3,(H,25,30)(H,27,31)/t18-,22?/m0/s1. The van der Waals surface area contributed by atoms with E-state index in [1.807, 2.05) is 19.2 Å². The summed E-state index contributed by atoms with van der Waals surface area (Å²) in [6.07, 6.45) is 5.80. The van der Waals surface area contributed by atoms with Gasteiger partial charge in [0.1, 0.15) is 5.65 Å². The first-order chi connectivity index (χ1) is 16.8. The molecule has 0 saturated heterocycles. The van der Waals surface area contributed by atoms with Gasteiger partial charge in [-0.15, -0.1) is 11.3 Å². The minimum atomic E-state index is -1.72. The molecule has 1 aliphatic rings. The van der Waals surface area contributed by atoms with Gasteiger partial charge in [-0.3, -0.25) is 9.59 Å². The van der Waals surface area contributed by atoms with E-state index >= 15 is 0 Å². The summed E-state index contributed by atoms with van der Waals surface area (Å²) in [5.41, 5.74) is 2.32. The van der Waals surface area contributed by atoms with E-state index in [0.717, 1.165) is 0 Å². The minimum absolute atomic E-state index is 0.0741. The molecule has 4 rings (SSSR count). The van der Waals surface area contributed by atoms with Crippen molar-refractivity contribution in [2.75, 3.05) is 6.54 Å². The molecule has 35 heavy (non-hydrogen) atoms. The van der Waals surface area contributed by atoms with Gasteiger partial charge in [-0.05, 0) is 24.5 Å². The van der Waals surface area contributed by atoms with E-state index in [-0.39, 0.29) is 31.2 Å². The van der Waals surface area contributed by atoms with Crippen molar-refractivity contribution in [3.63, 3.8) is 0 Å².